The molecule has 0 spiro atoms. The van der Waals surface area contributed by atoms with E-state index in [2.05, 4.69) is 47.3 Å². The smallest absolute Gasteiger partial charge is 0.232 e. The second-order valence-corrected chi connectivity index (χ2v) is 7.64. The van der Waals surface area contributed by atoms with Crippen LogP contribution in [-0.2, 0) is 11.2 Å². The first-order chi connectivity index (χ1) is 12.1. The Morgan fingerprint density at radius 2 is 2.12 bits per heavy atom. The van der Waals surface area contributed by atoms with E-state index in [9.17, 15) is 4.79 Å². The van der Waals surface area contributed by atoms with Crippen LogP contribution in [0.1, 0.15) is 16.8 Å². The Morgan fingerprint density at radius 3 is 2.92 bits per heavy atom. The lowest BCUT2D eigenvalue weighted by Gasteiger charge is -2.03. The molecule has 1 N–H and O–H groups in total. The fraction of sp³-hybridized carbons (Fsp3) is 0.167. The normalized spacial score (nSPS) is 11.1. The van der Waals surface area contributed by atoms with E-state index in [0.717, 1.165) is 21.9 Å². The van der Waals surface area contributed by atoms with Crippen molar-refractivity contribution in [2.75, 3.05) is 5.32 Å². The molecule has 0 aliphatic heterocycles. The molecule has 4 aromatic rings. The lowest BCUT2D eigenvalue weighted by atomic mass is 10.0. The van der Waals surface area contributed by atoms with Crippen LogP contribution >= 0.6 is 22.7 Å². The number of imidazole rings is 1. The number of nitrogens with zero attached hydrogens (tertiary/aromatic N) is 3. The minimum atomic E-state index is -0.104. The van der Waals surface area contributed by atoms with Gasteiger partial charge in [0.05, 0.1) is 17.8 Å². The molecule has 0 saturated heterocycles. The zero-order valence-corrected chi connectivity index (χ0v) is 15.4. The van der Waals surface area contributed by atoms with E-state index in [-0.39, 0.29) is 12.3 Å². The van der Waals surface area contributed by atoms with Crippen LogP contribution in [0, 0.1) is 13.8 Å². The van der Waals surface area contributed by atoms with Crippen molar-refractivity contribution < 1.29 is 4.79 Å². The summed E-state index contributed by atoms with van der Waals surface area (Å²) in [6.45, 7) is 4.15. The molecule has 3 heterocycles. The molecule has 25 heavy (non-hydrogen) atoms. The van der Waals surface area contributed by atoms with Gasteiger partial charge in [-0.2, -0.15) is 0 Å². The van der Waals surface area contributed by atoms with Crippen LogP contribution in [-0.4, -0.2) is 20.3 Å². The van der Waals surface area contributed by atoms with Gasteiger partial charge in [-0.3, -0.25) is 9.20 Å². The van der Waals surface area contributed by atoms with Crippen LogP contribution in [0.4, 0.5) is 5.13 Å². The van der Waals surface area contributed by atoms with Crippen molar-refractivity contribution in [3.05, 3.63) is 58.2 Å². The minimum Gasteiger partial charge on any atom is -0.302 e. The summed E-state index contributed by atoms with van der Waals surface area (Å²) in [4.78, 5) is 22.1. The summed E-state index contributed by atoms with van der Waals surface area (Å²) in [6, 6.07) is 6.28. The number of amides is 1. The molecule has 0 saturated carbocycles. The number of aromatic nitrogens is 3. The molecule has 0 fully saturated rings. The summed E-state index contributed by atoms with van der Waals surface area (Å²) in [5, 5.41) is 7.42. The van der Waals surface area contributed by atoms with Gasteiger partial charge in [0.2, 0.25) is 5.91 Å². The SMILES string of the molecule is Cc1ccc(-c2csc(NC(=O)Cc3cn4ccsc4n3)n2)c(C)c1. The number of thiazole rings is 2. The molecule has 7 heteroatoms. The topological polar surface area (TPSA) is 59.3 Å². The zero-order chi connectivity index (χ0) is 17.4. The van der Waals surface area contributed by atoms with Crippen LogP contribution in [0.5, 0.6) is 0 Å². The lowest BCUT2D eigenvalue weighted by molar-refractivity contribution is -0.115. The number of hydrogen-bond donors (Lipinski definition) is 1. The Bertz CT molecular complexity index is 1030. The molecule has 3 aromatic heterocycles. The van der Waals surface area contributed by atoms with Crippen LogP contribution in [0.25, 0.3) is 16.2 Å². The quantitative estimate of drug-likeness (QED) is 0.584. The summed E-state index contributed by atoms with van der Waals surface area (Å²) >= 11 is 2.99. The van der Waals surface area contributed by atoms with Gasteiger partial charge >= 0.3 is 0 Å². The minimum absolute atomic E-state index is 0.104. The number of anilines is 1. The van der Waals surface area contributed by atoms with Crippen molar-refractivity contribution in [3.63, 3.8) is 0 Å². The van der Waals surface area contributed by atoms with E-state index >= 15 is 0 Å². The number of nitrogens with one attached hydrogen (secondary N) is 1. The van der Waals surface area contributed by atoms with Gasteiger partial charge in [0, 0.05) is 28.7 Å². The summed E-state index contributed by atoms with van der Waals surface area (Å²) in [7, 11) is 0. The Morgan fingerprint density at radius 1 is 1.24 bits per heavy atom. The van der Waals surface area contributed by atoms with E-state index < -0.39 is 0 Å². The molecule has 0 bridgehead atoms. The molecular weight excluding hydrogens is 352 g/mol. The third-order valence-electron chi connectivity index (χ3n) is 3.89. The first kappa shape index (κ1) is 16.0. The van der Waals surface area contributed by atoms with Crippen molar-refractivity contribution in [2.24, 2.45) is 0 Å². The molecule has 0 aliphatic carbocycles. The number of hydrogen-bond acceptors (Lipinski definition) is 5. The maximum atomic E-state index is 12.2. The molecule has 1 amide bonds. The second-order valence-electron chi connectivity index (χ2n) is 5.91. The molecule has 4 rings (SSSR count). The van der Waals surface area contributed by atoms with Gasteiger partial charge in [-0.15, -0.1) is 22.7 Å². The largest absolute Gasteiger partial charge is 0.302 e. The van der Waals surface area contributed by atoms with Gasteiger partial charge in [0.25, 0.3) is 0 Å². The van der Waals surface area contributed by atoms with Crippen molar-refractivity contribution >= 4 is 38.7 Å². The Hall–Kier alpha value is -2.51. The third kappa shape index (κ3) is 3.33. The van der Waals surface area contributed by atoms with Gasteiger partial charge in [-0.1, -0.05) is 23.8 Å². The Balaban J connectivity index is 1.46. The standard InChI is InChI=1S/C18H16N4OS2/c1-11-3-4-14(12(2)7-11)15-10-25-17(20-15)21-16(23)8-13-9-22-5-6-24-18(22)19-13/h3-7,9-10H,8H2,1-2H3,(H,20,21,23). The van der Waals surface area contributed by atoms with Crippen LogP contribution in [0.15, 0.2) is 41.4 Å². The number of aryl methyl sites for hydroxylation is 2. The zero-order valence-electron chi connectivity index (χ0n) is 13.8. The van der Waals surface area contributed by atoms with E-state index in [1.54, 1.807) is 11.3 Å². The summed E-state index contributed by atoms with van der Waals surface area (Å²) < 4.78 is 1.93. The van der Waals surface area contributed by atoms with Crippen molar-refractivity contribution in [3.8, 4) is 11.3 Å². The highest BCUT2D eigenvalue weighted by molar-refractivity contribution is 7.15. The van der Waals surface area contributed by atoms with Gasteiger partial charge in [0.15, 0.2) is 10.1 Å². The fourth-order valence-electron chi connectivity index (χ4n) is 2.75. The summed E-state index contributed by atoms with van der Waals surface area (Å²) in [5.74, 6) is -0.104. The highest BCUT2D eigenvalue weighted by Crippen LogP contribution is 2.28. The first-order valence-electron chi connectivity index (χ1n) is 7.82. The van der Waals surface area contributed by atoms with Gasteiger partial charge in [-0.25, -0.2) is 9.97 Å². The molecule has 0 atom stereocenters. The molecule has 0 aliphatic rings. The molecule has 1 aromatic carbocycles. The van der Waals surface area contributed by atoms with Crippen molar-refractivity contribution in [2.45, 2.75) is 20.3 Å². The van der Waals surface area contributed by atoms with Crippen molar-refractivity contribution in [1.82, 2.24) is 14.4 Å². The second kappa shape index (κ2) is 6.42. The number of fused-ring (bicyclic) bond motifs is 1. The van der Waals surface area contributed by atoms with E-state index in [1.165, 1.54) is 22.5 Å². The average molecular weight is 368 g/mol. The van der Waals surface area contributed by atoms with Gasteiger partial charge in [-0.05, 0) is 19.4 Å². The third-order valence-corrected chi connectivity index (χ3v) is 5.42. The average Bonchev–Trinajstić information content (AvgIpc) is 3.23. The Labute approximate surface area is 153 Å². The first-order valence-corrected chi connectivity index (χ1v) is 9.58. The molecule has 0 unspecified atom stereocenters. The highest BCUT2D eigenvalue weighted by Gasteiger charge is 2.12. The van der Waals surface area contributed by atoms with Crippen LogP contribution in [0.3, 0.4) is 0 Å². The number of benzene rings is 1. The van der Waals surface area contributed by atoms with E-state index in [0.29, 0.717) is 5.13 Å². The summed E-state index contributed by atoms with van der Waals surface area (Å²) in [5.41, 5.74) is 5.15. The van der Waals surface area contributed by atoms with Gasteiger partial charge < -0.3 is 5.32 Å². The van der Waals surface area contributed by atoms with Crippen molar-refractivity contribution in [1.29, 1.82) is 0 Å². The molecule has 126 valence electrons. The maximum Gasteiger partial charge on any atom is 0.232 e. The monoisotopic (exact) mass is 368 g/mol. The maximum absolute atomic E-state index is 12.2. The molecule has 0 radical (unpaired) electrons. The van der Waals surface area contributed by atoms with Crippen LogP contribution < -0.4 is 5.32 Å². The highest BCUT2D eigenvalue weighted by atomic mass is 32.1. The molecule has 5 nitrogen and oxygen atoms in total. The summed E-state index contributed by atoms with van der Waals surface area (Å²) in [6.07, 6.45) is 4.06. The predicted octanol–water partition coefficient (Wildman–Crippen LogP) is 4.32. The number of carbonyl (C=O) groups excluding carboxylic acids is 1. The Kier molecular flexibility index (Phi) is 4.10. The van der Waals surface area contributed by atoms with Gasteiger partial charge in [0.1, 0.15) is 0 Å². The fourth-order valence-corrected chi connectivity index (χ4v) is 4.19. The molecular formula is C18H16N4OS2. The van der Waals surface area contributed by atoms with Crippen LogP contribution in [0.2, 0.25) is 0 Å². The predicted molar refractivity (Wildman–Crippen MR) is 102 cm³/mol. The number of carbonyl (C=O) groups is 1. The lowest BCUT2D eigenvalue weighted by Crippen LogP contribution is -2.14. The van der Waals surface area contributed by atoms with E-state index in [4.69, 9.17) is 0 Å². The number of rotatable bonds is 4. The van der Waals surface area contributed by atoms with E-state index in [1.807, 2.05) is 27.6 Å².